The Morgan fingerprint density at radius 3 is 2.44 bits per heavy atom. The first-order valence-corrected chi connectivity index (χ1v) is 5.89. The summed E-state index contributed by atoms with van der Waals surface area (Å²) in [5, 5.41) is 0. The monoisotopic (exact) mass is 222 g/mol. The van der Waals surface area contributed by atoms with Gasteiger partial charge in [-0.15, -0.1) is 0 Å². The summed E-state index contributed by atoms with van der Waals surface area (Å²) in [4.78, 5) is 11.1. The molecular formula is C12H22N4. The number of hydrogen-bond acceptors (Lipinski definition) is 4. The van der Waals surface area contributed by atoms with Gasteiger partial charge in [-0.3, -0.25) is 0 Å². The van der Waals surface area contributed by atoms with Gasteiger partial charge in [-0.2, -0.15) is 0 Å². The summed E-state index contributed by atoms with van der Waals surface area (Å²) < 4.78 is 0. The summed E-state index contributed by atoms with van der Waals surface area (Å²) in [7, 11) is 2.05. The smallest absolute Gasteiger partial charge is 0.225 e. The topological polar surface area (TPSA) is 55.0 Å². The molecule has 0 unspecified atom stereocenters. The Morgan fingerprint density at radius 2 is 1.94 bits per heavy atom. The van der Waals surface area contributed by atoms with E-state index in [9.17, 15) is 0 Å². The first-order chi connectivity index (χ1) is 7.62. The second-order valence-corrected chi connectivity index (χ2v) is 4.09. The second-order valence-electron chi connectivity index (χ2n) is 4.09. The SMILES string of the molecule is CCC(CC)N(C)c1nc(C)cc(CN)n1. The van der Waals surface area contributed by atoms with Gasteiger partial charge in [0.2, 0.25) is 5.95 Å². The van der Waals surface area contributed by atoms with Gasteiger partial charge in [0.1, 0.15) is 0 Å². The van der Waals surface area contributed by atoms with Crippen molar-refractivity contribution in [3.8, 4) is 0 Å². The van der Waals surface area contributed by atoms with E-state index in [0.717, 1.165) is 30.2 Å². The van der Waals surface area contributed by atoms with Crippen molar-refractivity contribution in [1.29, 1.82) is 0 Å². The fraction of sp³-hybridized carbons (Fsp3) is 0.667. The largest absolute Gasteiger partial charge is 0.341 e. The van der Waals surface area contributed by atoms with Crippen LogP contribution < -0.4 is 10.6 Å². The Labute approximate surface area is 97.9 Å². The zero-order valence-electron chi connectivity index (χ0n) is 10.7. The average molecular weight is 222 g/mol. The lowest BCUT2D eigenvalue weighted by molar-refractivity contribution is 0.579. The van der Waals surface area contributed by atoms with Crippen molar-refractivity contribution in [1.82, 2.24) is 9.97 Å². The van der Waals surface area contributed by atoms with Crippen LogP contribution in [0.1, 0.15) is 38.1 Å². The van der Waals surface area contributed by atoms with E-state index in [1.807, 2.05) is 20.0 Å². The molecule has 1 aromatic rings. The summed E-state index contributed by atoms with van der Waals surface area (Å²) in [5.41, 5.74) is 7.50. The molecule has 1 heterocycles. The Morgan fingerprint density at radius 1 is 1.31 bits per heavy atom. The molecule has 90 valence electrons. The van der Waals surface area contributed by atoms with E-state index in [1.165, 1.54) is 0 Å². The normalized spacial score (nSPS) is 10.9. The lowest BCUT2D eigenvalue weighted by atomic mass is 10.1. The van der Waals surface area contributed by atoms with E-state index >= 15 is 0 Å². The summed E-state index contributed by atoms with van der Waals surface area (Å²) in [5.74, 6) is 0.786. The van der Waals surface area contributed by atoms with Gasteiger partial charge in [-0.1, -0.05) is 13.8 Å². The molecule has 0 atom stereocenters. The third-order valence-corrected chi connectivity index (χ3v) is 2.91. The van der Waals surface area contributed by atoms with Crippen LogP contribution in [0.25, 0.3) is 0 Å². The molecule has 0 aliphatic rings. The van der Waals surface area contributed by atoms with Crippen LogP contribution in [0.4, 0.5) is 5.95 Å². The molecule has 0 aliphatic heterocycles. The van der Waals surface area contributed by atoms with E-state index in [2.05, 4.69) is 28.7 Å². The van der Waals surface area contributed by atoms with Crippen molar-refractivity contribution in [2.45, 2.75) is 46.2 Å². The fourth-order valence-corrected chi connectivity index (χ4v) is 1.88. The molecule has 0 saturated carbocycles. The van der Waals surface area contributed by atoms with Crippen molar-refractivity contribution in [2.75, 3.05) is 11.9 Å². The highest BCUT2D eigenvalue weighted by atomic mass is 15.3. The number of nitrogens with zero attached hydrogens (tertiary/aromatic N) is 3. The molecule has 4 nitrogen and oxygen atoms in total. The van der Waals surface area contributed by atoms with Gasteiger partial charge in [0.25, 0.3) is 0 Å². The lowest BCUT2D eigenvalue weighted by Crippen LogP contribution is -2.32. The molecule has 0 aromatic carbocycles. The van der Waals surface area contributed by atoms with Crippen LogP contribution in [0, 0.1) is 6.92 Å². The quantitative estimate of drug-likeness (QED) is 0.826. The van der Waals surface area contributed by atoms with Gasteiger partial charge < -0.3 is 10.6 Å². The minimum Gasteiger partial charge on any atom is -0.341 e. The minimum absolute atomic E-state index is 0.465. The maximum atomic E-state index is 5.62. The van der Waals surface area contributed by atoms with Gasteiger partial charge >= 0.3 is 0 Å². The molecule has 0 amide bonds. The predicted octanol–water partition coefficient (Wildman–Crippen LogP) is 1.87. The third kappa shape index (κ3) is 2.92. The van der Waals surface area contributed by atoms with Crippen LogP contribution in [0.15, 0.2) is 6.07 Å². The molecular weight excluding hydrogens is 200 g/mol. The Hall–Kier alpha value is -1.16. The molecule has 0 bridgehead atoms. The summed E-state index contributed by atoms with van der Waals surface area (Å²) >= 11 is 0. The van der Waals surface area contributed by atoms with E-state index in [0.29, 0.717) is 12.6 Å². The lowest BCUT2D eigenvalue weighted by Gasteiger charge is -2.26. The zero-order valence-corrected chi connectivity index (χ0v) is 10.7. The van der Waals surface area contributed by atoms with Crippen LogP contribution >= 0.6 is 0 Å². The average Bonchev–Trinajstić information content (AvgIpc) is 2.29. The van der Waals surface area contributed by atoms with Crippen LogP contribution in [0.5, 0.6) is 0 Å². The molecule has 0 aliphatic carbocycles. The highest BCUT2D eigenvalue weighted by Crippen LogP contribution is 2.15. The van der Waals surface area contributed by atoms with Gasteiger partial charge in [-0.05, 0) is 25.8 Å². The first kappa shape index (κ1) is 12.9. The number of aryl methyl sites for hydroxylation is 1. The summed E-state index contributed by atoms with van der Waals surface area (Å²) in [6.07, 6.45) is 2.20. The van der Waals surface area contributed by atoms with Crippen LogP contribution in [0.2, 0.25) is 0 Å². The molecule has 0 radical (unpaired) electrons. The maximum Gasteiger partial charge on any atom is 0.225 e. The van der Waals surface area contributed by atoms with E-state index in [-0.39, 0.29) is 0 Å². The second kappa shape index (κ2) is 5.80. The highest BCUT2D eigenvalue weighted by Gasteiger charge is 2.14. The van der Waals surface area contributed by atoms with E-state index in [1.54, 1.807) is 0 Å². The van der Waals surface area contributed by atoms with E-state index < -0.39 is 0 Å². The third-order valence-electron chi connectivity index (χ3n) is 2.91. The van der Waals surface area contributed by atoms with Crippen molar-refractivity contribution in [3.63, 3.8) is 0 Å². The number of anilines is 1. The first-order valence-electron chi connectivity index (χ1n) is 5.89. The standard InChI is InChI=1S/C12H22N4/c1-5-11(6-2)16(4)12-14-9(3)7-10(8-13)15-12/h7,11H,5-6,8,13H2,1-4H3. The molecule has 1 aromatic heterocycles. The molecule has 4 heteroatoms. The highest BCUT2D eigenvalue weighted by molar-refractivity contribution is 5.32. The molecule has 16 heavy (non-hydrogen) atoms. The molecule has 0 spiro atoms. The van der Waals surface area contributed by atoms with Gasteiger partial charge in [0.15, 0.2) is 0 Å². The van der Waals surface area contributed by atoms with E-state index in [4.69, 9.17) is 5.73 Å². The van der Waals surface area contributed by atoms with Crippen molar-refractivity contribution in [3.05, 3.63) is 17.5 Å². The maximum absolute atomic E-state index is 5.62. The van der Waals surface area contributed by atoms with Gasteiger partial charge in [-0.25, -0.2) is 9.97 Å². The zero-order chi connectivity index (χ0) is 12.1. The fourth-order valence-electron chi connectivity index (χ4n) is 1.88. The molecule has 1 rings (SSSR count). The predicted molar refractivity (Wildman–Crippen MR) is 67.4 cm³/mol. The molecule has 0 fully saturated rings. The minimum atomic E-state index is 0.465. The number of hydrogen-bond donors (Lipinski definition) is 1. The van der Waals surface area contributed by atoms with Gasteiger partial charge in [0, 0.05) is 25.3 Å². The number of rotatable bonds is 5. The Kier molecular flexibility index (Phi) is 4.68. The van der Waals surface area contributed by atoms with Crippen LogP contribution in [0.3, 0.4) is 0 Å². The van der Waals surface area contributed by atoms with Crippen molar-refractivity contribution < 1.29 is 0 Å². The van der Waals surface area contributed by atoms with Crippen LogP contribution in [-0.4, -0.2) is 23.1 Å². The Bertz CT molecular complexity index is 334. The molecule has 0 saturated heterocycles. The van der Waals surface area contributed by atoms with Crippen LogP contribution in [-0.2, 0) is 6.54 Å². The Balaban J connectivity index is 2.97. The molecule has 2 N–H and O–H groups in total. The van der Waals surface area contributed by atoms with Gasteiger partial charge in [0.05, 0.1) is 5.69 Å². The van der Waals surface area contributed by atoms with Crippen molar-refractivity contribution >= 4 is 5.95 Å². The number of nitrogens with two attached hydrogens (primary N) is 1. The summed E-state index contributed by atoms with van der Waals surface area (Å²) in [6.45, 7) is 6.81. The summed E-state index contributed by atoms with van der Waals surface area (Å²) in [6, 6.07) is 2.43. The van der Waals surface area contributed by atoms with Crippen molar-refractivity contribution in [2.24, 2.45) is 5.73 Å². The number of aromatic nitrogens is 2.